The molecule has 6 nitrogen and oxygen atoms in total. The Bertz CT molecular complexity index is 1130. The van der Waals surface area contributed by atoms with Crippen LogP contribution >= 0.6 is 0 Å². The van der Waals surface area contributed by atoms with E-state index in [2.05, 4.69) is 0 Å². The van der Waals surface area contributed by atoms with Crippen LogP contribution in [0.4, 0.5) is 4.39 Å². The summed E-state index contributed by atoms with van der Waals surface area (Å²) in [6.45, 7) is 0. The molecule has 0 spiro atoms. The maximum Gasteiger partial charge on any atom is 0.322 e. The first-order valence-corrected chi connectivity index (χ1v) is 10.2. The Morgan fingerprint density at radius 1 is 0.862 bits per heavy atom. The molecule has 1 aliphatic heterocycles. The molecule has 1 amide bonds. The van der Waals surface area contributed by atoms with Crippen molar-refractivity contribution in [1.29, 1.82) is 0 Å². The van der Waals surface area contributed by atoms with Gasteiger partial charge in [-0.25, -0.2) is 17.5 Å². The number of sulfonamides is 1. The maximum atomic E-state index is 13.9. The third-order valence-electron chi connectivity index (χ3n) is 4.37. The van der Waals surface area contributed by atoms with Crippen molar-refractivity contribution in [3.63, 3.8) is 0 Å². The SMILES string of the molecule is O=C(NS(=O)(=O)c1ccccc1F)C1Oc2ccccc2Cc2ccccc2O1. The summed E-state index contributed by atoms with van der Waals surface area (Å²) in [5.74, 6) is -1.25. The van der Waals surface area contributed by atoms with Gasteiger partial charge in [-0.1, -0.05) is 48.5 Å². The van der Waals surface area contributed by atoms with Crippen LogP contribution in [0.1, 0.15) is 11.1 Å². The zero-order valence-corrected chi connectivity index (χ0v) is 15.9. The van der Waals surface area contributed by atoms with Gasteiger partial charge in [0.15, 0.2) is 0 Å². The number of rotatable bonds is 3. The van der Waals surface area contributed by atoms with Gasteiger partial charge in [0, 0.05) is 6.42 Å². The lowest BCUT2D eigenvalue weighted by molar-refractivity contribution is -0.138. The zero-order valence-electron chi connectivity index (χ0n) is 15.0. The largest absolute Gasteiger partial charge is 0.446 e. The molecule has 0 bridgehead atoms. The Kier molecular flexibility index (Phi) is 4.94. The fourth-order valence-electron chi connectivity index (χ4n) is 2.99. The molecule has 1 heterocycles. The molecule has 0 aliphatic carbocycles. The first-order valence-electron chi connectivity index (χ1n) is 8.74. The Balaban J connectivity index is 1.67. The van der Waals surface area contributed by atoms with Gasteiger partial charge in [0.1, 0.15) is 22.2 Å². The summed E-state index contributed by atoms with van der Waals surface area (Å²) in [4.78, 5) is 12.1. The standard InChI is InChI=1S/C21H16FNO5S/c22-16-9-3-6-12-19(16)29(25,26)23-20(24)21-27-17-10-4-1-7-14(17)13-15-8-2-5-11-18(15)28-21/h1-12,21H,13H2,(H,23,24). The number of hydrogen-bond donors (Lipinski definition) is 1. The molecule has 0 atom stereocenters. The number of hydrogen-bond acceptors (Lipinski definition) is 5. The number of para-hydroxylation sites is 2. The lowest BCUT2D eigenvalue weighted by Gasteiger charge is -2.25. The van der Waals surface area contributed by atoms with Crippen LogP contribution in [-0.2, 0) is 21.2 Å². The van der Waals surface area contributed by atoms with Crippen LogP contribution in [0.5, 0.6) is 11.5 Å². The van der Waals surface area contributed by atoms with Crippen molar-refractivity contribution in [2.45, 2.75) is 17.6 Å². The lowest BCUT2D eigenvalue weighted by Crippen LogP contribution is -2.45. The van der Waals surface area contributed by atoms with E-state index in [0.717, 1.165) is 23.3 Å². The van der Waals surface area contributed by atoms with Gasteiger partial charge < -0.3 is 9.47 Å². The summed E-state index contributed by atoms with van der Waals surface area (Å²) in [5.41, 5.74) is 1.64. The van der Waals surface area contributed by atoms with Crippen LogP contribution < -0.4 is 14.2 Å². The number of carbonyl (C=O) groups excluding carboxylic acids is 1. The quantitative estimate of drug-likeness (QED) is 0.714. The van der Waals surface area contributed by atoms with Crippen LogP contribution in [0.15, 0.2) is 77.7 Å². The predicted molar refractivity (Wildman–Crippen MR) is 102 cm³/mol. The number of fused-ring (bicyclic) bond motifs is 2. The van der Waals surface area contributed by atoms with Crippen molar-refractivity contribution in [2.24, 2.45) is 0 Å². The predicted octanol–water partition coefficient (Wildman–Crippen LogP) is 3.02. The molecule has 0 saturated heterocycles. The molecular formula is C21H16FNO5S. The monoisotopic (exact) mass is 413 g/mol. The topological polar surface area (TPSA) is 81.7 Å². The van der Waals surface area contributed by atoms with Gasteiger partial charge in [0.2, 0.25) is 0 Å². The van der Waals surface area contributed by atoms with E-state index in [0.29, 0.717) is 17.9 Å². The van der Waals surface area contributed by atoms with E-state index in [1.165, 1.54) is 12.1 Å². The van der Waals surface area contributed by atoms with E-state index >= 15 is 0 Å². The van der Waals surface area contributed by atoms with Gasteiger partial charge in [-0.2, -0.15) is 0 Å². The number of benzene rings is 3. The van der Waals surface area contributed by atoms with E-state index in [4.69, 9.17) is 9.47 Å². The normalized spacial score (nSPS) is 13.7. The second-order valence-corrected chi connectivity index (χ2v) is 8.01. The highest BCUT2D eigenvalue weighted by atomic mass is 32.2. The minimum absolute atomic E-state index is 0.394. The van der Waals surface area contributed by atoms with Gasteiger partial charge in [-0.05, 0) is 35.4 Å². The summed E-state index contributed by atoms with van der Waals surface area (Å²) >= 11 is 0. The molecule has 0 aromatic heterocycles. The fraction of sp³-hybridized carbons (Fsp3) is 0.0952. The van der Waals surface area contributed by atoms with E-state index in [1.807, 2.05) is 29.0 Å². The van der Waals surface area contributed by atoms with Crippen molar-refractivity contribution >= 4 is 15.9 Å². The minimum Gasteiger partial charge on any atom is -0.446 e. The van der Waals surface area contributed by atoms with Crippen LogP contribution in [-0.4, -0.2) is 20.6 Å². The summed E-state index contributed by atoms with van der Waals surface area (Å²) in [6.07, 6.45) is -1.06. The smallest absolute Gasteiger partial charge is 0.322 e. The molecule has 148 valence electrons. The molecule has 29 heavy (non-hydrogen) atoms. The van der Waals surface area contributed by atoms with E-state index in [-0.39, 0.29) is 0 Å². The van der Waals surface area contributed by atoms with Crippen molar-refractivity contribution in [3.05, 3.63) is 89.7 Å². The summed E-state index contributed by atoms with van der Waals surface area (Å²) in [6, 6.07) is 18.9. The molecule has 8 heteroatoms. The highest BCUT2D eigenvalue weighted by molar-refractivity contribution is 7.90. The van der Waals surface area contributed by atoms with Gasteiger partial charge >= 0.3 is 12.2 Å². The summed E-state index contributed by atoms with van der Waals surface area (Å²) in [5, 5.41) is 0. The molecule has 0 unspecified atom stereocenters. The van der Waals surface area contributed by atoms with Crippen molar-refractivity contribution in [3.8, 4) is 11.5 Å². The lowest BCUT2D eigenvalue weighted by atomic mass is 10.0. The Hall–Kier alpha value is -3.39. The molecule has 0 radical (unpaired) electrons. The molecule has 3 aromatic carbocycles. The first kappa shape index (κ1) is 18.9. The third kappa shape index (κ3) is 3.93. The highest BCUT2D eigenvalue weighted by Gasteiger charge is 2.31. The van der Waals surface area contributed by atoms with E-state index < -0.39 is 32.9 Å². The number of halogens is 1. The summed E-state index contributed by atoms with van der Waals surface area (Å²) < 4.78 is 52.0. The molecule has 1 aliphatic rings. The molecular weight excluding hydrogens is 397 g/mol. The second kappa shape index (κ2) is 7.56. The number of nitrogens with one attached hydrogen (secondary N) is 1. The Morgan fingerprint density at radius 2 is 1.38 bits per heavy atom. The molecule has 0 fully saturated rings. The number of carbonyl (C=O) groups is 1. The third-order valence-corrected chi connectivity index (χ3v) is 5.75. The van der Waals surface area contributed by atoms with Crippen molar-refractivity contribution < 1.29 is 27.1 Å². The second-order valence-electron chi connectivity index (χ2n) is 6.36. The van der Waals surface area contributed by atoms with E-state index in [1.54, 1.807) is 24.3 Å². The van der Waals surface area contributed by atoms with Crippen LogP contribution in [0.2, 0.25) is 0 Å². The van der Waals surface area contributed by atoms with Gasteiger partial charge in [-0.15, -0.1) is 0 Å². The molecule has 3 aromatic rings. The first-order chi connectivity index (χ1) is 13.9. The van der Waals surface area contributed by atoms with Crippen LogP contribution in [0, 0.1) is 5.82 Å². The van der Waals surface area contributed by atoms with Gasteiger partial charge in [0.05, 0.1) is 0 Å². The number of amides is 1. The van der Waals surface area contributed by atoms with Crippen molar-refractivity contribution in [2.75, 3.05) is 0 Å². The number of ether oxygens (including phenoxy) is 2. The molecule has 0 saturated carbocycles. The van der Waals surface area contributed by atoms with E-state index in [9.17, 15) is 17.6 Å². The van der Waals surface area contributed by atoms with Gasteiger partial charge in [0.25, 0.3) is 10.0 Å². The maximum absolute atomic E-state index is 13.9. The molecule has 1 N–H and O–H groups in total. The zero-order chi connectivity index (χ0) is 20.4. The summed E-state index contributed by atoms with van der Waals surface area (Å²) in [7, 11) is -4.45. The van der Waals surface area contributed by atoms with Gasteiger partial charge in [-0.3, -0.25) is 4.79 Å². The average Bonchev–Trinajstić information content (AvgIpc) is 2.68. The molecule has 4 rings (SSSR count). The average molecular weight is 413 g/mol. The highest BCUT2D eigenvalue weighted by Crippen LogP contribution is 2.31. The van der Waals surface area contributed by atoms with Crippen LogP contribution in [0.25, 0.3) is 0 Å². The Morgan fingerprint density at radius 3 is 1.97 bits per heavy atom. The fourth-order valence-corrected chi connectivity index (χ4v) is 4.05. The Labute approximate surface area is 166 Å². The minimum atomic E-state index is -4.45. The van der Waals surface area contributed by atoms with Crippen molar-refractivity contribution in [1.82, 2.24) is 4.72 Å². The van der Waals surface area contributed by atoms with Crippen LogP contribution in [0.3, 0.4) is 0 Å².